The van der Waals surface area contributed by atoms with Crippen molar-refractivity contribution < 1.29 is 28.2 Å². The average molecular weight is 341 g/mol. The summed E-state index contributed by atoms with van der Waals surface area (Å²) in [6.45, 7) is 0.161. The third-order valence-corrected chi connectivity index (χ3v) is 3.81. The smallest absolute Gasteiger partial charge is 0.251 e. The van der Waals surface area contributed by atoms with Gasteiger partial charge < -0.3 is 28.7 Å². The van der Waals surface area contributed by atoms with Gasteiger partial charge in [0.25, 0.3) is 5.91 Å². The topological polar surface area (TPSA) is 94.1 Å². The van der Waals surface area contributed by atoms with E-state index in [0.29, 0.717) is 34.3 Å². The number of hydrogen-bond donors (Lipinski definition) is 2. The number of benzene rings is 1. The van der Waals surface area contributed by atoms with E-state index in [-0.39, 0.29) is 19.2 Å². The summed E-state index contributed by atoms with van der Waals surface area (Å²) in [6.07, 6.45) is 0.571. The van der Waals surface area contributed by atoms with Crippen LogP contribution in [0.2, 0.25) is 0 Å². The second kappa shape index (κ2) is 6.37. The van der Waals surface area contributed by atoms with Gasteiger partial charge in [-0.3, -0.25) is 4.79 Å². The van der Waals surface area contributed by atoms with Gasteiger partial charge in [-0.15, -0.1) is 0 Å². The zero-order valence-electron chi connectivity index (χ0n) is 13.1. The fraction of sp³-hybridized carbons (Fsp3) is 0.167. The Balaban J connectivity index is 1.38. The summed E-state index contributed by atoms with van der Waals surface area (Å²) in [7, 11) is 0. The van der Waals surface area contributed by atoms with Crippen LogP contribution in [-0.4, -0.2) is 24.4 Å². The van der Waals surface area contributed by atoms with Crippen molar-refractivity contribution in [2.75, 3.05) is 13.3 Å². The highest BCUT2D eigenvalue weighted by Gasteiger charge is 2.18. The number of carbonyl (C=O) groups is 1. The van der Waals surface area contributed by atoms with Crippen molar-refractivity contribution in [3.63, 3.8) is 0 Å². The van der Waals surface area contributed by atoms with E-state index in [1.54, 1.807) is 48.7 Å². The van der Waals surface area contributed by atoms with Crippen LogP contribution in [0.5, 0.6) is 11.5 Å². The zero-order chi connectivity index (χ0) is 17.2. The minimum atomic E-state index is -0.971. The number of ether oxygens (including phenoxy) is 2. The van der Waals surface area contributed by atoms with Crippen LogP contribution in [-0.2, 0) is 0 Å². The van der Waals surface area contributed by atoms with Gasteiger partial charge >= 0.3 is 0 Å². The average Bonchev–Trinajstić information content (AvgIpc) is 3.38. The van der Waals surface area contributed by atoms with Gasteiger partial charge in [0.1, 0.15) is 11.9 Å². The first kappa shape index (κ1) is 15.3. The Kier molecular flexibility index (Phi) is 3.91. The normalized spacial score (nSPS) is 13.6. The molecule has 2 N–H and O–H groups in total. The molecule has 0 saturated heterocycles. The van der Waals surface area contributed by atoms with E-state index in [1.807, 2.05) is 0 Å². The number of amides is 1. The number of hydrogen-bond acceptors (Lipinski definition) is 6. The third kappa shape index (κ3) is 3.09. The van der Waals surface area contributed by atoms with E-state index < -0.39 is 6.10 Å². The highest BCUT2D eigenvalue weighted by Crippen LogP contribution is 2.32. The second-order valence-electron chi connectivity index (χ2n) is 5.47. The van der Waals surface area contributed by atoms with Gasteiger partial charge in [-0.2, -0.15) is 0 Å². The van der Waals surface area contributed by atoms with Crippen LogP contribution < -0.4 is 14.8 Å². The number of rotatable bonds is 5. The van der Waals surface area contributed by atoms with Crippen molar-refractivity contribution in [3.8, 4) is 23.0 Å². The molecule has 7 heteroatoms. The Morgan fingerprint density at radius 3 is 2.84 bits per heavy atom. The summed E-state index contributed by atoms with van der Waals surface area (Å²) in [5.41, 5.74) is 0.423. The molecular formula is C18H15NO6. The van der Waals surface area contributed by atoms with Crippen LogP contribution in [0, 0.1) is 0 Å². The minimum Gasteiger partial charge on any atom is -0.461 e. The Labute approximate surface area is 142 Å². The molecule has 0 bridgehead atoms. The Morgan fingerprint density at radius 2 is 2.00 bits per heavy atom. The number of nitrogens with one attached hydrogen (secondary N) is 1. The van der Waals surface area contributed by atoms with Crippen molar-refractivity contribution in [2.24, 2.45) is 0 Å². The van der Waals surface area contributed by atoms with Gasteiger partial charge in [0.05, 0.1) is 12.8 Å². The molecule has 1 unspecified atom stereocenters. The Morgan fingerprint density at radius 1 is 1.12 bits per heavy atom. The lowest BCUT2D eigenvalue weighted by molar-refractivity contribution is 0.0901. The largest absolute Gasteiger partial charge is 0.461 e. The summed E-state index contributed by atoms with van der Waals surface area (Å²) in [4.78, 5) is 12.2. The maximum Gasteiger partial charge on any atom is 0.251 e. The van der Waals surface area contributed by atoms with Crippen LogP contribution in [0.25, 0.3) is 11.5 Å². The SMILES string of the molecule is O=C(NCC(O)c1ccc(-c2ccco2)o1)c1ccc2c(c1)OCO2. The molecule has 1 aliphatic rings. The predicted molar refractivity (Wildman–Crippen MR) is 86.3 cm³/mol. The molecular weight excluding hydrogens is 326 g/mol. The molecule has 1 aromatic carbocycles. The molecule has 25 heavy (non-hydrogen) atoms. The molecule has 0 saturated carbocycles. The summed E-state index contributed by atoms with van der Waals surface area (Å²) < 4.78 is 21.2. The molecule has 3 heterocycles. The lowest BCUT2D eigenvalue weighted by atomic mass is 10.2. The number of carbonyl (C=O) groups excluding carboxylic acids is 1. The van der Waals surface area contributed by atoms with Gasteiger partial charge in [0, 0.05) is 5.56 Å². The fourth-order valence-corrected chi connectivity index (χ4v) is 2.51. The molecule has 128 valence electrons. The fourth-order valence-electron chi connectivity index (χ4n) is 2.51. The van der Waals surface area contributed by atoms with Crippen molar-refractivity contribution in [3.05, 3.63) is 60.1 Å². The molecule has 0 fully saturated rings. The van der Waals surface area contributed by atoms with Gasteiger partial charge in [0.2, 0.25) is 6.79 Å². The first-order chi connectivity index (χ1) is 12.2. The lowest BCUT2D eigenvalue weighted by Crippen LogP contribution is -2.28. The molecule has 0 radical (unpaired) electrons. The van der Waals surface area contributed by atoms with Crippen molar-refractivity contribution in [2.45, 2.75) is 6.10 Å². The van der Waals surface area contributed by atoms with Gasteiger partial charge in [-0.1, -0.05) is 0 Å². The highest BCUT2D eigenvalue weighted by molar-refractivity contribution is 5.94. The summed E-state index contributed by atoms with van der Waals surface area (Å²) in [6, 6.07) is 11.8. The number of aliphatic hydroxyl groups is 1. The molecule has 1 aliphatic heterocycles. The van der Waals surface area contributed by atoms with E-state index in [9.17, 15) is 9.90 Å². The van der Waals surface area contributed by atoms with Crippen LogP contribution >= 0.6 is 0 Å². The predicted octanol–water partition coefficient (Wildman–Crippen LogP) is 2.73. The molecule has 2 aromatic heterocycles. The molecule has 0 aliphatic carbocycles. The molecule has 7 nitrogen and oxygen atoms in total. The molecule has 1 amide bonds. The zero-order valence-corrected chi connectivity index (χ0v) is 13.1. The maximum atomic E-state index is 12.2. The van der Waals surface area contributed by atoms with Crippen LogP contribution in [0.3, 0.4) is 0 Å². The molecule has 1 atom stereocenters. The maximum absolute atomic E-state index is 12.2. The quantitative estimate of drug-likeness (QED) is 0.741. The molecule has 3 aromatic rings. The third-order valence-electron chi connectivity index (χ3n) is 3.81. The summed E-state index contributed by atoms with van der Waals surface area (Å²) in [5.74, 6) is 2.25. The number of aliphatic hydroxyl groups excluding tert-OH is 1. The Hall–Kier alpha value is -3.19. The first-order valence-electron chi connectivity index (χ1n) is 7.70. The standard InChI is InChI=1S/C18H15NO6/c20-12(13-5-6-16(25-13)14-2-1-7-22-14)9-19-18(21)11-3-4-15-17(8-11)24-10-23-15/h1-8,12,20H,9-10H2,(H,19,21). The van der Waals surface area contributed by atoms with Crippen molar-refractivity contribution >= 4 is 5.91 Å². The number of furan rings is 2. The number of fused-ring (bicyclic) bond motifs is 1. The van der Waals surface area contributed by atoms with E-state index in [2.05, 4.69) is 5.32 Å². The van der Waals surface area contributed by atoms with Gasteiger partial charge in [-0.25, -0.2) is 0 Å². The minimum absolute atomic E-state index is 0.0123. The lowest BCUT2D eigenvalue weighted by Gasteiger charge is -2.10. The molecule has 4 rings (SSSR count). The van der Waals surface area contributed by atoms with Crippen LogP contribution in [0.1, 0.15) is 22.2 Å². The van der Waals surface area contributed by atoms with Crippen molar-refractivity contribution in [1.82, 2.24) is 5.32 Å². The first-order valence-corrected chi connectivity index (χ1v) is 7.70. The van der Waals surface area contributed by atoms with E-state index in [1.165, 1.54) is 0 Å². The summed E-state index contributed by atoms with van der Waals surface area (Å²) in [5, 5.41) is 12.9. The molecule has 0 spiro atoms. The monoisotopic (exact) mass is 341 g/mol. The van der Waals surface area contributed by atoms with E-state index in [4.69, 9.17) is 18.3 Å². The summed E-state index contributed by atoms with van der Waals surface area (Å²) >= 11 is 0. The van der Waals surface area contributed by atoms with Crippen LogP contribution in [0.4, 0.5) is 0 Å². The van der Waals surface area contributed by atoms with Crippen LogP contribution in [0.15, 0.2) is 57.6 Å². The second-order valence-corrected chi connectivity index (χ2v) is 5.47. The Bertz CT molecular complexity index is 883. The van der Waals surface area contributed by atoms with Crippen molar-refractivity contribution in [1.29, 1.82) is 0 Å². The van der Waals surface area contributed by atoms with Gasteiger partial charge in [-0.05, 0) is 42.5 Å². The van der Waals surface area contributed by atoms with E-state index >= 15 is 0 Å². The highest BCUT2D eigenvalue weighted by atomic mass is 16.7. The van der Waals surface area contributed by atoms with Gasteiger partial charge in [0.15, 0.2) is 23.0 Å². The van der Waals surface area contributed by atoms with E-state index in [0.717, 1.165) is 0 Å².